The predicted octanol–water partition coefficient (Wildman–Crippen LogP) is 0.593. The van der Waals surface area contributed by atoms with E-state index in [0.29, 0.717) is 37.4 Å². The lowest BCUT2D eigenvalue weighted by Crippen LogP contribution is -2.49. The number of sulfone groups is 1. The third kappa shape index (κ3) is 3.74. The van der Waals surface area contributed by atoms with Crippen molar-refractivity contribution in [3.05, 3.63) is 30.3 Å². The minimum absolute atomic E-state index is 0.230. The van der Waals surface area contributed by atoms with Crippen molar-refractivity contribution in [3.8, 4) is 0 Å². The number of piperidine rings is 1. The maximum Gasteiger partial charge on any atom is 0.317 e. The van der Waals surface area contributed by atoms with Crippen LogP contribution in [-0.4, -0.2) is 50.8 Å². The summed E-state index contributed by atoms with van der Waals surface area (Å²) >= 11 is 0. The van der Waals surface area contributed by atoms with E-state index >= 15 is 0 Å². The smallest absolute Gasteiger partial charge is 0.317 e. The Balaban J connectivity index is 2.09. The predicted molar refractivity (Wildman–Crippen MR) is 80.7 cm³/mol. The van der Waals surface area contributed by atoms with Crippen LogP contribution < -0.4 is 11.1 Å². The van der Waals surface area contributed by atoms with E-state index in [4.69, 9.17) is 5.73 Å². The van der Waals surface area contributed by atoms with Crippen LogP contribution >= 0.6 is 0 Å². The van der Waals surface area contributed by atoms with Crippen LogP contribution in [0.3, 0.4) is 0 Å². The number of nitrogens with one attached hydrogen (secondary N) is 1. The van der Waals surface area contributed by atoms with Crippen molar-refractivity contribution in [1.82, 2.24) is 10.2 Å². The standard InChI is InChI=1S/C14H21N3O3S/c15-8-9-16-14(18)17-10-4-7-13(11-17)21(19,20)12-5-2-1-3-6-12/h1-3,5-6,13H,4,7-11,15H2,(H,16,18). The van der Waals surface area contributed by atoms with Crippen LogP contribution in [0.1, 0.15) is 12.8 Å². The van der Waals surface area contributed by atoms with Crippen LogP contribution in [-0.2, 0) is 9.84 Å². The van der Waals surface area contributed by atoms with Gasteiger partial charge in [-0.15, -0.1) is 0 Å². The van der Waals surface area contributed by atoms with Gasteiger partial charge in [-0.05, 0) is 25.0 Å². The molecule has 0 bridgehead atoms. The Hall–Kier alpha value is -1.60. The summed E-state index contributed by atoms with van der Waals surface area (Å²) in [5, 5.41) is 2.14. The van der Waals surface area contributed by atoms with Crippen LogP contribution in [0.25, 0.3) is 0 Å². The van der Waals surface area contributed by atoms with E-state index in [1.54, 1.807) is 35.2 Å². The molecule has 3 N–H and O–H groups in total. The van der Waals surface area contributed by atoms with Crippen LogP contribution in [0.2, 0.25) is 0 Å². The first kappa shape index (κ1) is 15.8. The molecule has 1 aliphatic heterocycles. The number of carbonyl (C=O) groups excluding carboxylic acids is 1. The molecule has 0 aromatic heterocycles. The molecule has 1 fully saturated rings. The maximum absolute atomic E-state index is 12.6. The Labute approximate surface area is 125 Å². The quantitative estimate of drug-likeness (QED) is 0.851. The minimum atomic E-state index is -3.40. The van der Waals surface area contributed by atoms with Gasteiger partial charge in [0.05, 0.1) is 10.1 Å². The molecule has 2 rings (SSSR count). The largest absolute Gasteiger partial charge is 0.337 e. The van der Waals surface area contributed by atoms with Gasteiger partial charge in [-0.1, -0.05) is 18.2 Å². The van der Waals surface area contributed by atoms with Gasteiger partial charge in [0.2, 0.25) is 0 Å². The summed E-state index contributed by atoms with van der Waals surface area (Å²) in [5.41, 5.74) is 5.35. The number of carbonyl (C=O) groups is 1. The number of likely N-dealkylation sites (tertiary alicyclic amines) is 1. The summed E-state index contributed by atoms with van der Waals surface area (Å²) in [7, 11) is -3.40. The monoisotopic (exact) mass is 311 g/mol. The summed E-state index contributed by atoms with van der Waals surface area (Å²) in [6.45, 7) is 1.57. The second-order valence-corrected chi connectivity index (χ2v) is 7.32. The molecule has 1 aromatic rings. The molecule has 6 nitrogen and oxygen atoms in total. The van der Waals surface area contributed by atoms with Crippen LogP contribution in [0.4, 0.5) is 4.79 Å². The molecule has 1 atom stereocenters. The van der Waals surface area contributed by atoms with Gasteiger partial charge in [-0.3, -0.25) is 0 Å². The number of amides is 2. The molecule has 21 heavy (non-hydrogen) atoms. The number of hydrogen-bond acceptors (Lipinski definition) is 4. The zero-order valence-electron chi connectivity index (χ0n) is 11.9. The number of hydrogen-bond donors (Lipinski definition) is 2. The molecule has 0 aliphatic carbocycles. The molecule has 0 spiro atoms. The summed E-state index contributed by atoms with van der Waals surface area (Å²) in [5.74, 6) is 0. The fourth-order valence-corrected chi connectivity index (χ4v) is 4.24. The summed E-state index contributed by atoms with van der Waals surface area (Å²) in [4.78, 5) is 13.8. The highest BCUT2D eigenvalue weighted by Crippen LogP contribution is 2.23. The maximum atomic E-state index is 12.6. The molecule has 0 saturated carbocycles. The molecule has 116 valence electrons. The fraction of sp³-hybridized carbons (Fsp3) is 0.500. The highest BCUT2D eigenvalue weighted by Gasteiger charge is 2.33. The van der Waals surface area contributed by atoms with Gasteiger partial charge in [0.15, 0.2) is 9.84 Å². The van der Waals surface area contributed by atoms with Crippen LogP contribution in [0.5, 0.6) is 0 Å². The van der Waals surface area contributed by atoms with Crippen LogP contribution in [0.15, 0.2) is 35.2 Å². The normalized spacial score (nSPS) is 19.3. The topological polar surface area (TPSA) is 92.5 Å². The van der Waals surface area contributed by atoms with Crippen LogP contribution in [0, 0.1) is 0 Å². The van der Waals surface area contributed by atoms with Gasteiger partial charge in [0.1, 0.15) is 0 Å². The average Bonchev–Trinajstić information content (AvgIpc) is 2.53. The van der Waals surface area contributed by atoms with E-state index in [9.17, 15) is 13.2 Å². The van der Waals surface area contributed by atoms with Gasteiger partial charge in [-0.2, -0.15) is 0 Å². The Morgan fingerprint density at radius 3 is 2.71 bits per heavy atom. The Bertz CT molecular complexity index is 574. The highest BCUT2D eigenvalue weighted by atomic mass is 32.2. The number of nitrogens with zero attached hydrogens (tertiary/aromatic N) is 1. The first-order valence-electron chi connectivity index (χ1n) is 7.07. The molecule has 1 unspecified atom stereocenters. The van der Waals surface area contributed by atoms with E-state index in [1.807, 2.05) is 0 Å². The second-order valence-electron chi connectivity index (χ2n) is 5.09. The Morgan fingerprint density at radius 2 is 2.05 bits per heavy atom. The molecule has 7 heteroatoms. The van der Waals surface area contributed by atoms with Crippen molar-refractivity contribution in [1.29, 1.82) is 0 Å². The van der Waals surface area contributed by atoms with Gasteiger partial charge in [-0.25, -0.2) is 13.2 Å². The van der Waals surface area contributed by atoms with E-state index in [-0.39, 0.29) is 12.6 Å². The second kappa shape index (κ2) is 6.91. The van der Waals surface area contributed by atoms with Crippen molar-refractivity contribution < 1.29 is 13.2 Å². The average molecular weight is 311 g/mol. The first-order valence-corrected chi connectivity index (χ1v) is 8.62. The third-order valence-corrected chi connectivity index (χ3v) is 5.79. The van der Waals surface area contributed by atoms with E-state index < -0.39 is 15.1 Å². The molecular weight excluding hydrogens is 290 g/mol. The highest BCUT2D eigenvalue weighted by molar-refractivity contribution is 7.92. The molecule has 1 aliphatic rings. The van der Waals surface area contributed by atoms with Crippen molar-refractivity contribution in [3.63, 3.8) is 0 Å². The number of urea groups is 1. The van der Waals surface area contributed by atoms with Gasteiger partial charge in [0, 0.05) is 26.2 Å². The van der Waals surface area contributed by atoms with Crippen molar-refractivity contribution in [2.75, 3.05) is 26.2 Å². The zero-order chi connectivity index (χ0) is 15.3. The van der Waals surface area contributed by atoms with E-state index in [1.165, 1.54) is 0 Å². The molecule has 1 saturated heterocycles. The summed E-state index contributed by atoms with van der Waals surface area (Å²) in [6, 6.07) is 8.16. The Kier molecular flexibility index (Phi) is 5.19. The Morgan fingerprint density at radius 1 is 1.33 bits per heavy atom. The number of nitrogens with two attached hydrogens (primary N) is 1. The van der Waals surface area contributed by atoms with E-state index in [0.717, 1.165) is 0 Å². The molecule has 1 heterocycles. The van der Waals surface area contributed by atoms with Crippen molar-refractivity contribution in [2.24, 2.45) is 5.73 Å². The zero-order valence-corrected chi connectivity index (χ0v) is 12.7. The summed E-state index contributed by atoms with van der Waals surface area (Å²) < 4.78 is 25.2. The van der Waals surface area contributed by atoms with Crippen molar-refractivity contribution >= 4 is 15.9 Å². The fourth-order valence-electron chi connectivity index (χ4n) is 2.47. The minimum Gasteiger partial charge on any atom is -0.337 e. The third-order valence-electron chi connectivity index (χ3n) is 3.60. The van der Waals surface area contributed by atoms with Gasteiger partial charge >= 0.3 is 6.03 Å². The lowest BCUT2D eigenvalue weighted by molar-refractivity contribution is 0.187. The SMILES string of the molecule is NCCNC(=O)N1CCCC(S(=O)(=O)c2ccccc2)C1. The number of rotatable bonds is 4. The molecule has 2 amide bonds. The van der Waals surface area contributed by atoms with Gasteiger partial charge < -0.3 is 16.0 Å². The molecule has 1 aromatic carbocycles. The lowest BCUT2D eigenvalue weighted by atomic mass is 10.1. The number of benzene rings is 1. The molecule has 0 radical (unpaired) electrons. The first-order chi connectivity index (χ1) is 10.1. The lowest BCUT2D eigenvalue weighted by Gasteiger charge is -2.32. The van der Waals surface area contributed by atoms with Gasteiger partial charge in [0.25, 0.3) is 0 Å². The molecular formula is C14H21N3O3S. The van der Waals surface area contributed by atoms with E-state index in [2.05, 4.69) is 5.32 Å². The summed E-state index contributed by atoms with van der Waals surface area (Å²) in [6.07, 6.45) is 1.27. The van der Waals surface area contributed by atoms with Crippen molar-refractivity contribution in [2.45, 2.75) is 23.0 Å².